The number of nitrogens with zero attached hydrogens (tertiary/aromatic N) is 1. The normalized spacial score (nSPS) is 17.9. The molecule has 0 radical (unpaired) electrons. The Hall–Kier alpha value is -0.750. The molecule has 1 aromatic rings. The van der Waals surface area contributed by atoms with Crippen LogP contribution < -0.4 is 5.32 Å². The third-order valence-corrected chi connectivity index (χ3v) is 5.05. The van der Waals surface area contributed by atoms with E-state index in [2.05, 4.69) is 22.3 Å². The number of amides is 1. The van der Waals surface area contributed by atoms with Crippen LogP contribution in [-0.4, -0.2) is 53.2 Å². The number of carbonyl (C=O) groups excluding carboxylic acids is 1. The van der Waals surface area contributed by atoms with Crippen LogP contribution in [0.5, 0.6) is 0 Å². The lowest BCUT2D eigenvalue weighted by atomic mass is 10.0. The first kappa shape index (κ1) is 18.6. The van der Waals surface area contributed by atoms with E-state index in [1.807, 2.05) is 18.4 Å². The van der Waals surface area contributed by atoms with Gasteiger partial charge in [-0.15, -0.1) is 0 Å². The lowest BCUT2D eigenvalue weighted by Crippen LogP contribution is -2.47. The minimum absolute atomic E-state index is 0.174. The van der Waals surface area contributed by atoms with Crippen molar-refractivity contribution >= 4 is 29.3 Å². The maximum Gasteiger partial charge on any atom is 0.249 e. The van der Waals surface area contributed by atoms with E-state index in [-0.39, 0.29) is 11.9 Å². The van der Waals surface area contributed by atoms with Crippen molar-refractivity contribution in [1.29, 1.82) is 0 Å². The van der Waals surface area contributed by atoms with E-state index in [0.717, 1.165) is 43.3 Å². The van der Waals surface area contributed by atoms with E-state index in [1.165, 1.54) is 5.56 Å². The van der Waals surface area contributed by atoms with Gasteiger partial charge in [0.2, 0.25) is 5.91 Å². The maximum atomic E-state index is 11.9. The SMILES string of the molecule is CSCC[C@H](O)C(=O)NC1CCN(Cc2ccc(Cl)cc2)CC1. The van der Waals surface area contributed by atoms with Gasteiger partial charge in [-0.05, 0) is 49.0 Å². The highest BCUT2D eigenvalue weighted by atomic mass is 35.5. The molecule has 128 valence electrons. The molecule has 1 heterocycles. The molecule has 1 amide bonds. The van der Waals surface area contributed by atoms with Crippen molar-refractivity contribution in [3.63, 3.8) is 0 Å². The van der Waals surface area contributed by atoms with Crippen molar-refractivity contribution in [1.82, 2.24) is 10.2 Å². The van der Waals surface area contributed by atoms with Gasteiger partial charge in [0, 0.05) is 30.7 Å². The quantitative estimate of drug-likeness (QED) is 0.788. The van der Waals surface area contributed by atoms with Crippen LogP contribution in [0.15, 0.2) is 24.3 Å². The number of hydrogen-bond donors (Lipinski definition) is 2. The Bertz CT molecular complexity index is 490. The van der Waals surface area contributed by atoms with E-state index in [0.29, 0.717) is 6.42 Å². The molecule has 0 aromatic heterocycles. The molecule has 0 spiro atoms. The molecule has 0 bridgehead atoms. The number of aliphatic hydroxyl groups is 1. The Morgan fingerprint density at radius 1 is 1.39 bits per heavy atom. The number of hydrogen-bond acceptors (Lipinski definition) is 4. The molecular weight excluding hydrogens is 332 g/mol. The smallest absolute Gasteiger partial charge is 0.249 e. The van der Waals surface area contributed by atoms with Crippen molar-refractivity contribution in [2.75, 3.05) is 25.1 Å². The summed E-state index contributed by atoms with van der Waals surface area (Å²) in [6.45, 7) is 2.82. The lowest BCUT2D eigenvalue weighted by Gasteiger charge is -2.32. The summed E-state index contributed by atoms with van der Waals surface area (Å²) < 4.78 is 0. The third kappa shape index (κ3) is 6.34. The van der Waals surface area contributed by atoms with Gasteiger partial charge >= 0.3 is 0 Å². The molecule has 0 saturated carbocycles. The highest BCUT2D eigenvalue weighted by Crippen LogP contribution is 2.16. The van der Waals surface area contributed by atoms with E-state index in [9.17, 15) is 9.90 Å². The number of rotatable bonds is 7. The second-order valence-corrected chi connectivity index (χ2v) is 7.40. The van der Waals surface area contributed by atoms with E-state index in [1.54, 1.807) is 11.8 Å². The summed E-state index contributed by atoms with van der Waals surface area (Å²) in [5, 5.41) is 13.5. The molecule has 1 aliphatic heterocycles. The first-order valence-corrected chi connectivity index (χ1v) is 9.80. The highest BCUT2D eigenvalue weighted by Gasteiger charge is 2.23. The van der Waals surface area contributed by atoms with Crippen LogP contribution in [0.2, 0.25) is 5.02 Å². The first-order chi connectivity index (χ1) is 11.1. The maximum absolute atomic E-state index is 11.9. The summed E-state index contributed by atoms with van der Waals surface area (Å²) in [6.07, 6.45) is 3.46. The minimum Gasteiger partial charge on any atom is -0.383 e. The summed E-state index contributed by atoms with van der Waals surface area (Å²) in [4.78, 5) is 14.3. The van der Waals surface area contributed by atoms with Gasteiger partial charge in [-0.2, -0.15) is 11.8 Å². The Kier molecular flexibility index (Phi) is 7.70. The fourth-order valence-electron chi connectivity index (χ4n) is 2.74. The zero-order chi connectivity index (χ0) is 16.7. The van der Waals surface area contributed by atoms with Crippen LogP contribution in [0.3, 0.4) is 0 Å². The van der Waals surface area contributed by atoms with Gasteiger partial charge in [0.25, 0.3) is 0 Å². The van der Waals surface area contributed by atoms with Crippen LogP contribution >= 0.6 is 23.4 Å². The lowest BCUT2D eigenvalue weighted by molar-refractivity contribution is -0.130. The van der Waals surface area contributed by atoms with Gasteiger partial charge in [0.05, 0.1) is 0 Å². The molecule has 1 saturated heterocycles. The predicted molar refractivity (Wildman–Crippen MR) is 96.9 cm³/mol. The van der Waals surface area contributed by atoms with E-state index < -0.39 is 6.10 Å². The Morgan fingerprint density at radius 3 is 2.65 bits per heavy atom. The number of benzene rings is 1. The van der Waals surface area contributed by atoms with Gasteiger partial charge in [-0.25, -0.2) is 0 Å². The first-order valence-electron chi connectivity index (χ1n) is 8.02. The molecular formula is C17H25ClN2O2S. The standard InChI is InChI=1S/C17H25ClN2O2S/c1-23-11-8-16(21)17(22)19-15-6-9-20(10-7-15)12-13-2-4-14(18)5-3-13/h2-5,15-16,21H,6-12H2,1H3,(H,19,22)/t16-/m0/s1. The molecule has 1 aliphatic rings. The van der Waals surface area contributed by atoms with Crippen LogP contribution in [0.4, 0.5) is 0 Å². The number of aliphatic hydroxyl groups excluding tert-OH is 1. The van der Waals surface area contributed by atoms with Gasteiger partial charge < -0.3 is 10.4 Å². The molecule has 6 heteroatoms. The van der Waals surface area contributed by atoms with Crippen LogP contribution in [0.1, 0.15) is 24.8 Å². The number of halogens is 1. The van der Waals surface area contributed by atoms with Crippen molar-refractivity contribution in [2.45, 2.75) is 38.0 Å². The van der Waals surface area contributed by atoms with E-state index in [4.69, 9.17) is 11.6 Å². The van der Waals surface area contributed by atoms with Crippen molar-refractivity contribution in [3.8, 4) is 0 Å². The van der Waals surface area contributed by atoms with Crippen LogP contribution in [0, 0.1) is 0 Å². The second-order valence-electron chi connectivity index (χ2n) is 5.98. The fraction of sp³-hybridized carbons (Fsp3) is 0.588. The Morgan fingerprint density at radius 2 is 2.04 bits per heavy atom. The summed E-state index contributed by atoms with van der Waals surface area (Å²) >= 11 is 7.54. The minimum atomic E-state index is -0.880. The average molecular weight is 357 g/mol. The molecule has 2 N–H and O–H groups in total. The summed E-state index contributed by atoms with van der Waals surface area (Å²) in [7, 11) is 0. The van der Waals surface area contributed by atoms with Crippen LogP contribution in [-0.2, 0) is 11.3 Å². The molecule has 2 rings (SSSR count). The number of piperidine rings is 1. The number of likely N-dealkylation sites (tertiary alicyclic amines) is 1. The molecule has 0 unspecified atom stereocenters. The topological polar surface area (TPSA) is 52.6 Å². The monoisotopic (exact) mass is 356 g/mol. The van der Waals surface area contributed by atoms with E-state index >= 15 is 0 Å². The molecule has 0 aliphatic carbocycles. The number of thioether (sulfide) groups is 1. The van der Waals surface area contributed by atoms with Crippen molar-refractivity contribution in [2.24, 2.45) is 0 Å². The Labute approximate surface area is 147 Å². The van der Waals surface area contributed by atoms with Crippen LogP contribution in [0.25, 0.3) is 0 Å². The highest BCUT2D eigenvalue weighted by molar-refractivity contribution is 7.98. The van der Waals surface area contributed by atoms with Crippen molar-refractivity contribution < 1.29 is 9.90 Å². The molecule has 1 aromatic carbocycles. The summed E-state index contributed by atoms with van der Waals surface area (Å²) in [6, 6.07) is 8.11. The second kappa shape index (κ2) is 9.52. The zero-order valence-corrected chi connectivity index (χ0v) is 15.1. The van der Waals surface area contributed by atoms with Gasteiger partial charge in [0.1, 0.15) is 6.10 Å². The summed E-state index contributed by atoms with van der Waals surface area (Å²) in [5.74, 6) is 0.573. The van der Waals surface area contributed by atoms with Gasteiger partial charge in [-0.3, -0.25) is 9.69 Å². The average Bonchev–Trinajstić information content (AvgIpc) is 2.56. The molecule has 23 heavy (non-hydrogen) atoms. The zero-order valence-electron chi connectivity index (χ0n) is 13.5. The third-order valence-electron chi connectivity index (χ3n) is 4.15. The fourth-order valence-corrected chi connectivity index (χ4v) is 3.33. The number of carbonyl (C=O) groups is 1. The predicted octanol–water partition coefficient (Wildman–Crippen LogP) is 2.53. The largest absolute Gasteiger partial charge is 0.383 e. The molecule has 1 atom stereocenters. The van der Waals surface area contributed by atoms with Gasteiger partial charge in [-0.1, -0.05) is 23.7 Å². The van der Waals surface area contributed by atoms with Crippen molar-refractivity contribution in [3.05, 3.63) is 34.9 Å². The molecule has 1 fully saturated rings. The number of nitrogens with one attached hydrogen (secondary N) is 1. The molecule has 4 nitrogen and oxygen atoms in total. The summed E-state index contributed by atoms with van der Waals surface area (Å²) in [5.41, 5.74) is 1.25. The Balaban J connectivity index is 1.71. The van der Waals surface area contributed by atoms with Gasteiger partial charge in [0.15, 0.2) is 0 Å².